The minimum absolute atomic E-state index is 0.423. The van der Waals surface area contributed by atoms with Crippen molar-refractivity contribution in [2.75, 3.05) is 0 Å². The Morgan fingerprint density at radius 3 is 2.52 bits per heavy atom. The number of aromatic nitrogens is 4. The van der Waals surface area contributed by atoms with E-state index in [1.165, 1.54) is 0 Å². The van der Waals surface area contributed by atoms with Crippen molar-refractivity contribution >= 4 is 0 Å². The Bertz CT molecular complexity index is 812. The third kappa shape index (κ3) is 2.45. The van der Waals surface area contributed by atoms with Gasteiger partial charge in [0.25, 0.3) is 5.89 Å². The van der Waals surface area contributed by atoms with Crippen molar-refractivity contribution in [3.05, 3.63) is 48.0 Å². The van der Waals surface area contributed by atoms with E-state index in [1.54, 1.807) is 6.20 Å². The minimum atomic E-state index is -0.423. The van der Waals surface area contributed by atoms with E-state index in [0.717, 1.165) is 42.6 Å². The second-order valence-electron chi connectivity index (χ2n) is 6.22. The van der Waals surface area contributed by atoms with Gasteiger partial charge in [0, 0.05) is 17.5 Å². The van der Waals surface area contributed by atoms with Crippen LogP contribution in [0.15, 0.2) is 41.1 Å². The Balaban J connectivity index is 1.62. The van der Waals surface area contributed by atoms with Gasteiger partial charge in [0.1, 0.15) is 0 Å². The summed E-state index contributed by atoms with van der Waals surface area (Å²) in [5, 5.41) is 8.41. The first-order valence-electron chi connectivity index (χ1n) is 7.90. The number of aryl methyl sites for hydroxylation is 1. The third-order valence-corrected chi connectivity index (χ3v) is 4.56. The molecule has 3 aromatic rings. The van der Waals surface area contributed by atoms with Crippen molar-refractivity contribution in [2.45, 2.75) is 38.1 Å². The Morgan fingerprint density at radius 2 is 1.87 bits per heavy atom. The topological polar surface area (TPSA) is 82.8 Å². The zero-order valence-corrected chi connectivity index (χ0v) is 13.1. The Hall–Kier alpha value is -2.47. The van der Waals surface area contributed by atoms with E-state index >= 15 is 0 Å². The summed E-state index contributed by atoms with van der Waals surface area (Å²) in [6.07, 6.45) is 5.87. The predicted molar refractivity (Wildman–Crippen MR) is 85.9 cm³/mol. The summed E-state index contributed by atoms with van der Waals surface area (Å²) in [4.78, 5) is 4.52. The monoisotopic (exact) mass is 309 g/mol. The van der Waals surface area contributed by atoms with Crippen LogP contribution in [0, 0.1) is 6.92 Å². The summed E-state index contributed by atoms with van der Waals surface area (Å²) < 4.78 is 7.30. The molecule has 2 heterocycles. The SMILES string of the molecule is Cc1ccnn1-c1ccc(-c2nc(C3(N)CCCC3)no2)cc1. The molecule has 1 aliphatic carbocycles. The van der Waals surface area contributed by atoms with E-state index < -0.39 is 5.54 Å². The van der Waals surface area contributed by atoms with Crippen LogP contribution in [0.4, 0.5) is 0 Å². The fourth-order valence-corrected chi connectivity index (χ4v) is 3.16. The summed E-state index contributed by atoms with van der Waals surface area (Å²) in [5.74, 6) is 1.14. The Morgan fingerprint density at radius 1 is 1.13 bits per heavy atom. The van der Waals surface area contributed by atoms with Gasteiger partial charge >= 0.3 is 0 Å². The van der Waals surface area contributed by atoms with Crippen LogP contribution in [-0.4, -0.2) is 19.9 Å². The highest BCUT2D eigenvalue weighted by Gasteiger charge is 2.36. The molecule has 0 bridgehead atoms. The highest BCUT2D eigenvalue weighted by atomic mass is 16.5. The van der Waals surface area contributed by atoms with Crippen LogP contribution in [0.25, 0.3) is 17.1 Å². The number of hydrogen-bond acceptors (Lipinski definition) is 5. The summed E-state index contributed by atoms with van der Waals surface area (Å²) in [6.45, 7) is 2.02. The molecule has 0 atom stereocenters. The van der Waals surface area contributed by atoms with Gasteiger partial charge in [-0.1, -0.05) is 18.0 Å². The third-order valence-electron chi connectivity index (χ3n) is 4.56. The molecule has 1 aromatic carbocycles. The minimum Gasteiger partial charge on any atom is -0.334 e. The molecule has 0 unspecified atom stereocenters. The van der Waals surface area contributed by atoms with Crippen LogP contribution >= 0.6 is 0 Å². The summed E-state index contributed by atoms with van der Waals surface area (Å²) in [7, 11) is 0. The molecule has 0 amide bonds. The quantitative estimate of drug-likeness (QED) is 0.804. The van der Waals surface area contributed by atoms with E-state index in [-0.39, 0.29) is 0 Å². The van der Waals surface area contributed by atoms with Crippen LogP contribution in [-0.2, 0) is 5.54 Å². The van der Waals surface area contributed by atoms with Gasteiger partial charge in [0.15, 0.2) is 5.82 Å². The van der Waals surface area contributed by atoms with Gasteiger partial charge in [0.05, 0.1) is 11.2 Å². The lowest BCUT2D eigenvalue weighted by atomic mass is 9.99. The first kappa shape index (κ1) is 14.1. The Labute approximate surface area is 134 Å². The van der Waals surface area contributed by atoms with Crippen molar-refractivity contribution in [2.24, 2.45) is 5.73 Å². The fraction of sp³-hybridized carbons (Fsp3) is 0.353. The van der Waals surface area contributed by atoms with Crippen LogP contribution in [0.1, 0.15) is 37.2 Å². The van der Waals surface area contributed by atoms with Crippen LogP contribution in [0.5, 0.6) is 0 Å². The molecular formula is C17H19N5O. The summed E-state index contributed by atoms with van der Waals surface area (Å²) >= 11 is 0. The Kier molecular flexibility index (Phi) is 3.27. The number of nitrogens with zero attached hydrogens (tertiary/aromatic N) is 4. The molecule has 6 heteroatoms. The maximum atomic E-state index is 6.38. The molecule has 0 spiro atoms. The molecule has 118 valence electrons. The maximum Gasteiger partial charge on any atom is 0.257 e. The van der Waals surface area contributed by atoms with Gasteiger partial charge < -0.3 is 10.3 Å². The zero-order valence-electron chi connectivity index (χ0n) is 13.1. The highest BCUT2D eigenvalue weighted by Crippen LogP contribution is 2.35. The standard InChI is InChI=1S/C17H19N5O/c1-12-8-11-19-22(12)14-6-4-13(5-7-14)15-20-16(21-23-15)17(18)9-2-3-10-17/h4-8,11H,2-3,9-10,18H2,1H3. The molecular weight excluding hydrogens is 290 g/mol. The van der Waals surface area contributed by atoms with Crippen molar-refractivity contribution < 1.29 is 4.52 Å². The summed E-state index contributed by atoms with van der Waals surface area (Å²) in [6, 6.07) is 9.89. The molecule has 0 saturated heterocycles. The van der Waals surface area contributed by atoms with E-state index in [2.05, 4.69) is 15.2 Å². The van der Waals surface area contributed by atoms with Crippen LogP contribution in [0.3, 0.4) is 0 Å². The average molecular weight is 309 g/mol. The van der Waals surface area contributed by atoms with Crippen molar-refractivity contribution in [1.82, 2.24) is 19.9 Å². The molecule has 1 fully saturated rings. The highest BCUT2D eigenvalue weighted by molar-refractivity contribution is 5.55. The van der Waals surface area contributed by atoms with E-state index in [4.69, 9.17) is 10.3 Å². The molecule has 2 N–H and O–H groups in total. The number of hydrogen-bond donors (Lipinski definition) is 1. The number of nitrogens with two attached hydrogens (primary N) is 1. The lowest BCUT2D eigenvalue weighted by Gasteiger charge is -2.17. The summed E-state index contributed by atoms with van der Waals surface area (Å²) in [5.41, 5.74) is 8.93. The van der Waals surface area contributed by atoms with Gasteiger partial charge in [-0.25, -0.2) is 4.68 Å². The molecule has 23 heavy (non-hydrogen) atoms. The predicted octanol–water partition coefficient (Wildman–Crippen LogP) is 2.96. The number of rotatable bonds is 3. The first-order chi connectivity index (χ1) is 11.2. The molecule has 1 saturated carbocycles. The maximum absolute atomic E-state index is 6.38. The van der Waals surface area contributed by atoms with Gasteiger partial charge in [-0.2, -0.15) is 10.1 Å². The zero-order chi connectivity index (χ0) is 15.9. The van der Waals surface area contributed by atoms with Gasteiger partial charge in [-0.05, 0) is 50.1 Å². The largest absolute Gasteiger partial charge is 0.334 e. The van der Waals surface area contributed by atoms with E-state index in [0.29, 0.717) is 11.7 Å². The molecule has 1 aliphatic rings. The van der Waals surface area contributed by atoms with Gasteiger partial charge in [0.2, 0.25) is 0 Å². The van der Waals surface area contributed by atoms with E-state index in [9.17, 15) is 0 Å². The number of benzene rings is 1. The normalized spacial score (nSPS) is 16.8. The van der Waals surface area contributed by atoms with Gasteiger partial charge in [-0.15, -0.1) is 0 Å². The second-order valence-corrected chi connectivity index (χ2v) is 6.22. The smallest absolute Gasteiger partial charge is 0.257 e. The first-order valence-corrected chi connectivity index (χ1v) is 7.90. The van der Waals surface area contributed by atoms with Crippen molar-refractivity contribution in [1.29, 1.82) is 0 Å². The lowest BCUT2D eigenvalue weighted by Crippen LogP contribution is -2.34. The molecule has 0 radical (unpaired) electrons. The molecule has 6 nitrogen and oxygen atoms in total. The van der Waals surface area contributed by atoms with E-state index in [1.807, 2.05) is 41.9 Å². The average Bonchev–Trinajstić information content (AvgIpc) is 3.28. The second kappa shape index (κ2) is 5.31. The van der Waals surface area contributed by atoms with Gasteiger partial charge in [-0.3, -0.25) is 0 Å². The molecule has 0 aliphatic heterocycles. The molecule has 2 aromatic heterocycles. The lowest BCUT2D eigenvalue weighted by molar-refractivity contribution is 0.372. The van der Waals surface area contributed by atoms with Crippen LogP contribution < -0.4 is 5.73 Å². The molecule has 4 rings (SSSR count). The van der Waals surface area contributed by atoms with Crippen molar-refractivity contribution in [3.63, 3.8) is 0 Å². The van der Waals surface area contributed by atoms with Crippen molar-refractivity contribution in [3.8, 4) is 17.1 Å². The van der Waals surface area contributed by atoms with Crippen LogP contribution in [0.2, 0.25) is 0 Å². The fourth-order valence-electron chi connectivity index (χ4n) is 3.16.